The fraction of sp³-hybridized carbons (Fsp3) is 0.292. The lowest BCUT2D eigenvalue weighted by molar-refractivity contribution is -0.131. The van der Waals surface area contributed by atoms with Gasteiger partial charge >= 0.3 is 0 Å². The second kappa shape index (κ2) is 10.2. The molecule has 1 fully saturated rings. The van der Waals surface area contributed by atoms with Gasteiger partial charge < -0.3 is 19.9 Å². The van der Waals surface area contributed by atoms with Crippen LogP contribution in [0.3, 0.4) is 0 Å². The lowest BCUT2D eigenvalue weighted by Gasteiger charge is -2.36. The molecule has 3 aromatic heterocycles. The highest BCUT2D eigenvalue weighted by Gasteiger charge is 2.21. The van der Waals surface area contributed by atoms with Crippen molar-refractivity contribution in [3.05, 3.63) is 65.0 Å². The van der Waals surface area contributed by atoms with Gasteiger partial charge in [-0.25, -0.2) is 4.98 Å². The zero-order valence-corrected chi connectivity index (χ0v) is 18.8. The molecule has 1 amide bonds. The summed E-state index contributed by atoms with van der Waals surface area (Å²) in [4.78, 5) is 50.0. The van der Waals surface area contributed by atoms with E-state index in [4.69, 9.17) is 9.90 Å². The minimum absolute atomic E-state index is 0.0603. The van der Waals surface area contributed by atoms with Gasteiger partial charge in [0.15, 0.2) is 0 Å². The van der Waals surface area contributed by atoms with E-state index in [0.717, 1.165) is 35.2 Å². The molecule has 34 heavy (non-hydrogen) atoms. The van der Waals surface area contributed by atoms with E-state index in [0.29, 0.717) is 30.7 Å². The number of nitrogens with one attached hydrogen (secondary N) is 1. The summed E-state index contributed by atoms with van der Waals surface area (Å²) in [5.41, 5.74) is 4.11. The van der Waals surface area contributed by atoms with Crippen molar-refractivity contribution in [1.82, 2.24) is 24.4 Å². The standard InChI is InChI=1S/C23H24N6O2.CH2O2/c1-16-4-5-19-18(13-16)21-22(26-19)23(31)29(15-25-21)8-6-20(30)28-11-9-27(10-12-28)17-3-2-7-24-14-17;2-1-3/h2-5,7,13-15,26H,6,8-12H2,1H3;1H,(H,2,3). The van der Waals surface area contributed by atoms with E-state index in [1.807, 2.05) is 48.4 Å². The van der Waals surface area contributed by atoms with Gasteiger partial charge in [0.25, 0.3) is 12.0 Å². The molecular weight excluding hydrogens is 436 g/mol. The first kappa shape index (κ1) is 23.0. The Morgan fingerprint density at radius 1 is 1.21 bits per heavy atom. The number of nitrogens with zero attached hydrogens (tertiary/aromatic N) is 5. The molecule has 4 aromatic rings. The maximum atomic E-state index is 12.9. The summed E-state index contributed by atoms with van der Waals surface area (Å²) in [7, 11) is 0. The second-order valence-electron chi connectivity index (χ2n) is 8.08. The monoisotopic (exact) mass is 462 g/mol. The van der Waals surface area contributed by atoms with Gasteiger partial charge in [-0.3, -0.25) is 23.9 Å². The maximum Gasteiger partial charge on any atom is 0.290 e. The molecule has 10 heteroatoms. The summed E-state index contributed by atoms with van der Waals surface area (Å²) in [6.45, 7) is 4.97. The Kier molecular flexibility index (Phi) is 6.86. The minimum Gasteiger partial charge on any atom is -0.483 e. The molecule has 1 aliphatic rings. The molecule has 0 saturated carbocycles. The van der Waals surface area contributed by atoms with E-state index >= 15 is 0 Å². The summed E-state index contributed by atoms with van der Waals surface area (Å²) in [5.74, 6) is 0.0603. The normalized spacial score (nSPS) is 13.6. The number of piperazine rings is 1. The number of carboxylic acid groups (broad SMARTS) is 1. The Morgan fingerprint density at radius 3 is 2.68 bits per heavy atom. The van der Waals surface area contributed by atoms with Crippen LogP contribution in [0.1, 0.15) is 12.0 Å². The largest absolute Gasteiger partial charge is 0.483 e. The summed E-state index contributed by atoms with van der Waals surface area (Å²) in [6, 6.07) is 9.95. The number of H-pyrrole nitrogens is 1. The highest BCUT2D eigenvalue weighted by Crippen LogP contribution is 2.22. The number of benzene rings is 1. The maximum absolute atomic E-state index is 12.9. The summed E-state index contributed by atoms with van der Waals surface area (Å²) < 4.78 is 1.52. The van der Waals surface area contributed by atoms with Gasteiger partial charge in [0.05, 0.1) is 18.2 Å². The van der Waals surface area contributed by atoms with Crippen LogP contribution < -0.4 is 10.5 Å². The fourth-order valence-electron chi connectivity index (χ4n) is 4.19. The third kappa shape index (κ3) is 4.75. The van der Waals surface area contributed by atoms with Gasteiger partial charge in [0, 0.05) is 56.2 Å². The van der Waals surface area contributed by atoms with Gasteiger partial charge in [0.1, 0.15) is 11.0 Å². The predicted octanol–water partition coefficient (Wildman–Crippen LogP) is 2.02. The van der Waals surface area contributed by atoms with E-state index in [9.17, 15) is 9.59 Å². The Bertz CT molecular complexity index is 1360. The van der Waals surface area contributed by atoms with Crippen LogP contribution in [0, 0.1) is 6.92 Å². The Hall–Kier alpha value is -4.21. The van der Waals surface area contributed by atoms with E-state index in [1.165, 1.54) is 4.57 Å². The number of aromatic amines is 1. The average Bonchev–Trinajstić information content (AvgIpc) is 3.23. The van der Waals surface area contributed by atoms with Crippen LogP contribution in [0.25, 0.3) is 21.9 Å². The van der Waals surface area contributed by atoms with Crippen molar-refractivity contribution in [3.63, 3.8) is 0 Å². The number of anilines is 1. The molecule has 1 saturated heterocycles. The molecule has 0 atom stereocenters. The molecule has 176 valence electrons. The van der Waals surface area contributed by atoms with Gasteiger partial charge in [-0.15, -0.1) is 0 Å². The molecule has 2 N–H and O–H groups in total. The SMILES string of the molecule is Cc1ccc2[nH]c3c(=O)n(CCC(=O)N4CCN(c5cccnc5)CC4)cnc3c2c1.O=CO. The second-order valence-corrected chi connectivity index (χ2v) is 8.08. The summed E-state index contributed by atoms with van der Waals surface area (Å²) in [6.07, 6.45) is 5.43. The first-order chi connectivity index (χ1) is 16.5. The smallest absolute Gasteiger partial charge is 0.290 e. The molecule has 5 rings (SSSR count). The van der Waals surface area contributed by atoms with E-state index in [1.54, 1.807) is 12.5 Å². The number of carbonyl (C=O) groups is 2. The van der Waals surface area contributed by atoms with Gasteiger partial charge in [-0.2, -0.15) is 0 Å². The minimum atomic E-state index is -0.250. The number of aromatic nitrogens is 4. The number of amides is 1. The first-order valence-electron chi connectivity index (χ1n) is 11.0. The lowest BCUT2D eigenvalue weighted by Crippen LogP contribution is -2.49. The number of aryl methyl sites for hydroxylation is 2. The van der Waals surface area contributed by atoms with Crippen LogP contribution in [0.4, 0.5) is 5.69 Å². The number of fused-ring (bicyclic) bond motifs is 3. The highest BCUT2D eigenvalue weighted by atomic mass is 16.3. The molecule has 0 unspecified atom stereocenters. The van der Waals surface area contributed by atoms with Gasteiger partial charge in [-0.1, -0.05) is 11.6 Å². The van der Waals surface area contributed by atoms with Crippen molar-refractivity contribution < 1.29 is 14.7 Å². The predicted molar refractivity (Wildman–Crippen MR) is 129 cm³/mol. The third-order valence-corrected chi connectivity index (χ3v) is 5.94. The third-order valence-electron chi connectivity index (χ3n) is 5.94. The van der Waals surface area contributed by atoms with Crippen LogP contribution in [0.15, 0.2) is 53.8 Å². The molecule has 0 radical (unpaired) electrons. The molecule has 4 heterocycles. The number of pyridine rings is 1. The van der Waals surface area contributed by atoms with Gasteiger partial charge in [0.2, 0.25) is 5.91 Å². The van der Waals surface area contributed by atoms with Gasteiger partial charge in [-0.05, 0) is 31.2 Å². The van der Waals surface area contributed by atoms with E-state index < -0.39 is 0 Å². The van der Waals surface area contributed by atoms with Crippen molar-refractivity contribution in [2.45, 2.75) is 19.9 Å². The number of hydrogen-bond acceptors (Lipinski definition) is 6. The molecule has 10 nitrogen and oxygen atoms in total. The van der Waals surface area contributed by atoms with Crippen LogP contribution in [-0.2, 0) is 16.1 Å². The highest BCUT2D eigenvalue weighted by molar-refractivity contribution is 6.04. The Labute approximate surface area is 195 Å². The molecular formula is C24H26N6O4. The molecule has 0 aliphatic carbocycles. The molecule has 0 bridgehead atoms. The Balaban J connectivity index is 0.000000868. The average molecular weight is 463 g/mol. The molecule has 1 aromatic carbocycles. The fourth-order valence-corrected chi connectivity index (χ4v) is 4.19. The van der Waals surface area contributed by atoms with Crippen molar-refractivity contribution >= 4 is 40.0 Å². The van der Waals surface area contributed by atoms with Crippen molar-refractivity contribution in [3.8, 4) is 0 Å². The van der Waals surface area contributed by atoms with E-state index in [2.05, 4.69) is 19.9 Å². The summed E-state index contributed by atoms with van der Waals surface area (Å²) in [5, 5.41) is 7.84. The van der Waals surface area contributed by atoms with Crippen LogP contribution in [-0.4, -0.2) is 68.1 Å². The van der Waals surface area contributed by atoms with Crippen LogP contribution in [0.2, 0.25) is 0 Å². The van der Waals surface area contributed by atoms with Crippen LogP contribution in [0.5, 0.6) is 0 Å². The van der Waals surface area contributed by atoms with E-state index in [-0.39, 0.29) is 24.4 Å². The number of carbonyl (C=O) groups excluding carboxylic acids is 1. The zero-order valence-electron chi connectivity index (χ0n) is 18.8. The first-order valence-corrected chi connectivity index (χ1v) is 11.0. The van der Waals surface area contributed by atoms with Crippen molar-refractivity contribution in [2.24, 2.45) is 0 Å². The van der Waals surface area contributed by atoms with Crippen LogP contribution >= 0.6 is 0 Å². The topological polar surface area (TPSA) is 124 Å². The Morgan fingerprint density at radius 2 is 1.97 bits per heavy atom. The summed E-state index contributed by atoms with van der Waals surface area (Å²) >= 11 is 0. The number of hydrogen-bond donors (Lipinski definition) is 2. The quantitative estimate of drug-likeness (QED) is 0.445. The zero-order chi connectivity index (χ0) is 24.1. The molecule has 0 spiro atoms. The van der Waals surface area contributed by atoms with Crippen molar-refractivity contribution in [2.75, 3.05) is 31.1 Å². The van der Waals surface area contributed by atoms with Crippen molar-refractivity contribution in [1.29, 1.82) is 0 Å². The molecule has 1 aliphatic heterocycles. The number of rotatable bonds is 4. The lowest BCUT2D eigenvalue weighted by atomic mass is 10.2.